The van der Waals surface area contributed by atoms with Gasteiger partial charge in [0.25, 0.3) is 5.52 Å². The van der Waals surface area contributed by atoms with Crippen molar-refractivity contribution in [3.63, 3.8) is 0 Å². The molecule has 5 nitrogen and oxygen atoms in total. The van der Waals surface area contributed by atoms with Crippen LogP contribution >= 0.6 is 0 Å². The Hall–Kier alpha value is -3.61. The van der Waals surface area contributed by atoms with Gasteiger partial charge in [-0.2, -0.15) is 8.97 Å². The van der Waals surface area contributed by atoms with Gasteiger partial charge in [-0.3, -0.25) is 0 Å². The number of halogens is 2. The van der Waals surface area contributed by atoms with E-state index in [0.29, 0.717) is 33.6 Å². The maximum Gasteiger partial charge on any atom is 0.391 e. The molecule has 1 aliphatic carbocycles. The summed E-state index contributed by atoms with van der Waals surface area (Å²) in [6.45, 7) is 11.8. The minimum Gasteiger partial charge on any atom is -0.382 e. The second-order valence-corrected chi connectivity index (χ2v) is 9.07. The van der Waals surface area contributed by atoms with Crippen molar-refractivity contribution in [1.29, 1.82) is 0 Å². The number of benzene rings is 1. The molecule has 4 heterocycles. The molecule has 160 valence electrons. The van der Waals surface area contributed by atoms with Gasteiger partial charge in [-0.25, -0.2) is 18.6 Å². The smallest absolute Gasteiger partial charge is 0.382 e. The Labute approximate surface area is 181 Å². The third kappa shape index (κ3) is 1.87. The van der Waals surface area contributed by atoms with E-state index < -0.39 is 28.2 Å². The molecule has 7 heteroatoms. The predicted octanol–water partition coefficient (Wildman–Crippen LogP) is 2.68. The van der Waals surface area contributed by atoms with Gasteiger partial charge in [0.05, 0.1) is 5.56 Å². The van der Waals surface area contributed by atoms with E-state index in [1.165, 1.54) is 6.07 Å². The summed E-state index contributed by atoms with van der Waals surface area (Å²) in [4.78, 5) is 15.7. The van der Waals surface area contributed by atoms with Crippen molar-refractivity contribution >= 4 is 11.1 Å². The summed E-state index contributed by atoms with van der Waals surface area (Å²) >= 11 is 0. The molecule has 1 fully saturated rings. The van der Waals surface area contributed by atoms with E-state index in [4.69, 9.17) is 4.42 Å². The summed E-state index contributed by atoms with van der Waals surface area (Å²) in [6.07, 6.45) is 3.58. The fourth-order valence-corrected chi connectivity index (χ4v) is 5.98. The monoisotopic (exact) mass is 433 g/mol. The molecule has 0 saturated heterocycles. The summed E-state index contributed by atoms with van der Waals surface area (Å²) in [6, 6.07) is 6.14. The van der Waals surface area contributed by atoms with Crippen molar-refractivity contribution in [2.45, 2.75) is 38.6 Å². The number of allylic oxidation sites excluding steroid dienone is 1. The Bertz CT molecular complexity index is 1650. The zero-order valence-corrected chi connectivity index (χ0v) is 18.1. The van der Waals surface area contributed by atoms with Crippen molar-refractivity contribution in [3.8, 4) is 11.3 Å². The maximum absolute atomic E-state index is 15.3. The van der Waals surface area contributed by atoms with Crippen LogP contribution in [0.1, 0.15) is 30.7 Å². The molecule has 2 unspecified atom stereocenters. The van der Waals surface area contributed by atoms with Crippen molar-refractivity contribution in [2.24, 2.45) is 0 Å². The molecule has 0 radical (unpaired) electrons. The van der Waals surface area contributed by atoms with Crippen molar-refractivity contribution in [3.05, 3.63) is 93.4 Å². The lowest BCUT2D eigenvalue weighted by atomic mass is 9.81. The second kappa shape index (κ2) is 5.59. The van der Waals surface area contributed by atoms with E-state index >= 15 is 4.39 Å². The Morgan fingerprint density at radius 3 is 2.72 bits per heavy atom. The van der Waals surface area contributed by atoms with Gasteiger partial charge in [-0.1, -0.05) is 6.58 Å². The van der Waals surface area contributed by atoms with E-state index in [-0.39, 0.29) is 0 Å². The molecule has 1 aliphatic heterocycles. The number of hydrogen-bond acceptors (Lipinski definition) is 2. The lowest BCUT2D eigenvalue weighted by molar-refractivity contribution is -0.719. The number of aryl methyl sites for hydroxylation is 2. The average molecular weight is 433 g/mol. The summed E-state index contributed by atoms with van der Waals surface area (Å²) in [5, 5.41) is 0. The number of rotatable bonds is 1. The molecule has 1 aromatic carbocycles. The number of hydrogen-bond donors (Lipinski definition) is 0. The van der Waals surface area contributed by atoms with Gasteiger partial charge in [0.1, 0.15) is 22.6 Å². The lowest BCUT2D eigenvalue weighted by Gasteiger charge is -2.27. The van der Waals surface area contributed by atoms with Crippen LogP contribution < -0.4 is 20.7 Å². The van der Waals surface area contributed by atoms with E-state index in [2.05, 4.69) is 11.6 Å². The SMILES string of the molecule is C=C(C)C12C(=c3oc(=O)c4c(C)[nH+]cn34)C1(C)c1cc(F)cc(F)c1-c1cc(C)cc[n+]12. The van der Waals surface area contributed by atoms with Crippen LogP contribution in [0.15, 0.2) is 58.2 Å². The molecular formula is C25H21F2N3O2+2. The zero-order valence-electron chi connectivity index (χ0n) is 18.1. The largest absolute Gasteiger partial charge is 0.391 e. The molecule has 0 spiro atoms. The number of nitrogens with one attached hydrogen (secondary N) is 1. The Balaban J connectivity index is 1.89. The molecular weight excluding hydrogens is 412 g/mol. The average Bonchev–Trinajstić information content (AvgIpc) is 2.94. The molecule has 0 amide bonds. The van der Waals surface area contributed by atoms with Gasteiger partial charge < -0.3 is 4.42 Å². The van der Waals surface area contributed by atoms with Gasteiger partial charge in [0.2, 0.25) is 17.6 Å². The summed E-state index contributed by atoms with van der Waals surface area (Å²) < 4.78 is 39.2. The summed E-state index contributed by atoms with van der Waals surface area (Å²) in [7, 11) is 0. The highest BCUT2D eigenvalue weighted by atomic mass is 19.1. The minimum absolute atomic E-state index is 0.352. The topological polar surface area (TPSA) is 52.6 Å². The molecule has 2 aliphatic rings. The molecule has 32 heavy (non-hydrogen) atoms. The lowest BCUT2D eigenvalue weighted by Crippen LogP contribution is -2.55. The fraction of sp³-hybridized carbons (Fsp3) is 0.240. The van der Waals surface area contributed by atoms with Crippen molar-refractivity contribution in [2.75, 3.05) is 0 Å². The molecule has 6 rings (SSSR count). The number of oxazole rings is 1. The number of aromatic nitrogens is 3. The van der Waals surface area contributed by atoms with Crippen LogP contribution in [0.25, 0.3) is 22.3 Å². The van der Waals surface area contributed by atoms with E-state index in [9.17, 15) is 9.18 Å². The van der Waals surface area contributed by atoms with E-state index in [1.807, 2.05) is 43.7 Å². The quantitative estimate of drug-likeness (QED) is 0.342. The molecule has 1 saturated carbocycles. The number of pyridine rings is 1. The van der Waals surface area contributed by atoms with Crippen molar-refractivity contribution < 1.29 is 22.7 Å². The first kappa shape index (κ1) is 19.1. The standard InChI is InChI=1S/C25H20F2N3O2/c1-12(2)25-21(22-29-11-28-14(4)20(29)23(31)32-22)24(25,5)16-9-15(26)10-17(27)19(16)18-8-13(3)6-7-30(18)25/h6-11H,1H2,2-5H3/q+1/p+1. The van der Waals surface area contributed by atoms with Crippen LogP contribution in [0, 0.1) is 25.5 Å². The Kier molecular flexibility index (Phi) is 3.34. The molecule has 0 bridgehead atoms. The molecule has 2 atom stereocenters. The van der Waals surface area contributed by atoms with Gasteiger partial charge in [-0.05, 0) is 43.5 Å². The molecule has 4 aromatic rings. The maximum atomic E-state index is 15.3. The number of imidazole rings is 1. The molecule has 3 aromatic heterocycles. The van der Waals surface area contributed by atoms with Gasteiger partial charge >= 0.3 is 11.2 Å². The van der Waals surface area contributed by atoms with Gasteiger partial charge in [0.15, 0.2) is 11.9 Å². The number of aromatic amines is 1. The third-order valence-electron chi connectivity index (χ3n) is 7.28. The second-order valence-electron chi connectivity index (χ2n) is 9.07. The normalized spacial score (nSPS) is 24.8. The minimum atomic E-state index is -0.862. The number of fused-ring (bicyclic) bond motifs is 7. The third-order valence-corrected chi connectivity index (χ3v) is 7.28. The highest BCUT2D eigenvalue weighted by molar-refractivity contribution is 5.92. The number of nitrogens with zero attached hydrogens (tertiary/aromatic N) is 2. The van der Waals surface area contributed by atoms with Crippen LogP contribution in [0.5, 0.6) is 0 Å². The summed E-state index contributed by atoms with van der Waals surface area (Å²) in [5.74, 6) is -1.27. The van der Waals surface area contributed by atoms with Crippen LogP contribution in [-0.4, -0.2) is 4.40 Å². The molecule has 1 N–H and O–H groups in total. The van der Waals surface area contributed by atoms with Crippen LogP contribution in [0.2, 0.25) is 0 Å². The van der Waals surface area contributed by atoms with Crippen LogP contribution in [-0.2, 0) is 11.0 Å². The van der Waals surface area contributed by atoms with Crippen molar-refractivity contribution in [1.82, 2.24) is 4.40 Å². The Morgan fingerprint density at radius 1 is 1.25 bits per heavy atom. The zero-order chi connectivity index (χ0) is 22.7. The Morgan fingerprint density at radius 2 is 2.00 bits per heavy atom. The predicted molar refractivity (Wildman–Crippen MR) is 113 cm³/mol. The first-order valence-corrected chi connectivity index (χ1v) is 10.4. The highest BCUT2D eigenvalue weighted by Crippen LogP contribution is 2.72. The van der Waals surface area contributed by atoms with Crippen LogP contribution in [0.3, 0.4) is 0 Å². The fourth-order valence-electron chi connectivity index (χ4n) is 5.98. The highest BCUT2D eigenvalue weighted by Gasteiger charge is 2.84. The van der Waals surface area contributed by atoms with Crippen LogP contribution in [0.4, 0.5) is 8.78 Å². The van der Waals surface area contributed by atoms with Gasteiger partial charge in [-0.15, -0.1) is 0 Å². The first-order chi connectivity index (χ1) is 15.1. The number of H-pyrrole nitrogens is 1. The van der Waals surface area contributed by atoms with E-state index in [1.54, 1.807) is 17.7 Å². The summed E-state index contributed by atoms with van der Waals surface area (Å²) in [5.41, 5.74) is 3.27. The van der Waals surface area contributed by atoms with Gasteiger partial charge in [0, 0.05) is 25.1 Å². The first-order valence-electron chi connectivity index (χ1n) is 10.4. The van der Waals surface area contributed by atoms with E-state index in [0.717, 1.165) is 22.8 Å².